The molecule has 0 fully saturated rings. The van der Waals surface area contributed by atoms with E-state index in [1.807, 2.05) is 0 Å². The predicted molar refractivity (Wildman–Crippen MR) is 65.1 cm³/mol. The van der Waals surface area contributed by atoms with E-state index in [-0.39, 0.29) is 0 Å². The number of esters is 1. The summed E-state index contributed by atoms with van der Waals surface area (Å²) in [5, 5.41) is 1.91. The lowest BCUT2D eigenvalue weighted by Crippen LogP contribution is -2.33. The standard InChI is InChI=1S/C11H20ClNO4/c1-11(2,3)17-10(15)13-7-5-6-8(12)9(14)16-4/h8H,5-7H2,1-4H3,(H,13,15)/t8-/m0/s1. The van der Waals surface area contributed by atoms with Gasteiger partial charge in [0.05, 0.1) is 7.11 Å². The third kappa shape index (κ3) is 8.80. The predicted octanol–water partition coefficient (Wildman–Crippen LogP) is 2.07. The first-order chi connectivity index (χ1) is 7.76. The molecule has 0 aromatic rings. The molecule has 0 aliphatic rings. The second-order valence-electron chi connectivity index (χ2n) is 4.56. The molecule has 0 aliphatic heterocycles. The van der Waals surface area contributed by atoms with Crippen LogP contribution in [0.3, 0.4) is 0 Å². The van der Waals surface area contributed by atoms with Crippen molar-refractivity contribution in [2.75, 3.05) is 13.7 Å². The summed E-state index contributed by atoms with van der Waals surface area (Å²) in [6, 6.07) is 0. The van der Waals surface area contributed by atoms with Gasteiger partial charge in [-0.1, -0.05) is 0 Å². The first-order valence-electron chi connectivity index (χ1n) is 5.45. The maximum absolute atomic E-state index is 11.2. The average molecular weight is 266 g/mol. The number of alkyl halides is 1. The van der Waals surface area contributed by atoms with E-state index < -0.39 is 23.0 Å². The quantitative estimate of drug-likeness (QED) is 0.470. The second kappa shape index (κ2) is 7.37. The zero-order valence-electron chi connectivity index (χ0n) is 10.7. The number of methoxy groups -OCH3 is 1. The van der Waals surface area contributed by atoms with Crippen molar-refractivity contribution in [2.45, 2.75) is 44.6 Å². The summed E-state index contributed by atoms with van der Waals surface area (Å²) < 4.78 is 9.51. The minimum absolute atomic E-state index is 0.412. The van der Waals surface area contributed by atoms with Crippen molar-refractivity contribution >= 4 is 23.7 Å². The van der Waals surface area contributed by atoms with Crippen LogP contribution in [0.1, 0.15) is 33.6 Å². The molecule has 0 saturated heterocycles. The van der Waals surface area contributed by atoms with Crippen LogP contribution in [-0.2, 0) is 14.3 Å². The van der Waals surface area contributed by atoms with E-state index in [2.05, 4.69) is 10.1 Å². The Bertz CT molecular complexity index is 263. The lowest BCUT2D eigenvalue weighted by Gasteiger charge is -2.19. The fourth-order valence-corrected chi connectivity index (χ4v) is 1.28. The molecule has 6 heteroatoms. The number of nitrogens with one attached hydrogen (secondary N) is 1. The third-order valence-electron chi connectivity index (χ3n) is 1.76. The fraction of sp³-hybridized carbons (Fsp3) is 0.818. The van der Waals surface area contributed by atoms with E-state index in [9.17, 15) is 9.59 Å². The number of hydrogen-bond donors (Lipinski definition) is 1. The molecule has 0 radical (unpaired) electrons. The van der Waals surface area contributed by atoms with Crippen LogP contribution >= 0.6 is 11.6 Å². The summed E-state index contributed by atoms with van der Waals surface area (Å²) in [5.74, 6) is -0.455. The van der Waals surface area contributed by atoms with E-state index in [4.69, 9.17) is 16.3 Å². The molecule has 0 aliphatic carbocycles. The number of carbonyl (C=O) groups excluding carboxylic acids is 2. The van der Waals surface area contributed by atoms with Gasteiger partial charge in [0.2, 0.25) is 0 Å². The Morgan fingerprint density at radius 2 is 1.94 bits per heavy atom. The molecule has 0 spiro atoms. The Kier molecular flexibility index (Phi) is 6.95. The van der Waals surface area contributed by atoms with Gasteiger partial charge in [-0.2, -0.15) is 0 Å². The van der Waals surface area contributed by atoms with Gasteiger partial charge < -0.3 is 14.8 Å². The highest BCUT2D eigenvalue weighted by molar-refractivity contribution is 6.29. The maximum atomic E-state index is 11.2. The summed E-state index contributed by atoms with van der Waals surface area (Å²) >= 11 is 5.73. The van der Waals surface area contributed by atoms with E-state index >= 15 is 0 Å². The Labute approximate surface area is 107 Å². The van der Waals surface area contributed by atoms with Gasteiger partial charge in [0.1, 0.15) is 11.0 Å². The van der Waals surface area contributed by atoms with Crippen LogP contribution in [0, 0.1) is 0 Å². The third-order valence-corrected chi connectivity index (χ3v) is 2.16. The molecule has 100 valence electrons. The van der Waals surface area contributed by atoms with Gasteiger partial charge in [0, 0.05) is 6.54 Å². The molecular formula is C11H20ClNO4. The molecule has 0 rings (SSSR count). The average Bonchev–Trinajstić information content (AvgIpc) is 2.20. The van der Waals surface area contributed by atoms with Crippen LogP contribution in [0.25, 0.3) is 0 Å². The van der Waals surface area contributed by atoms with Crippen molar-refractivity contribution in [3.05, 3.63) is 0 Å². The number of carbonyl (C=O) groups is 2. The van der Waals surface area contributed by atoms with Gasteiger partial charge in [-0.3, -0.25) is 4.79 Å². The highest BCUT2D eigenvalue weighted by Gasteiger charge is 2.17. The highest BCUT2D eigenvalue weighted by Crippen LogP contribution is 2.08. The lowest BCUT2D eigenvalue weighted by atomic mass is 10.2. The van der Waals surface area contributed by atoms with Gasteiger partial charge in [-0.15, -0.1) is 11.6 Å². The molecule has 1 N–H and O–H groups in total. The first-order valence-corrected chi connectivity index (χ1v) is 5.88. The molecule has 17 heavy (non-hydrogen) atoms. The number of halogens is 1. The molecule has 5 nitrogen and oxygen atoms in total. The van der Waals surface area contributed by atoms with Crippen LogP contribution in [0.4, 0.5) is 4.79 Å². The van der Waals surface area contributed by atoms with Gasteiger partial charge in [-0.05, 0) is 33.6 Å². The normalized spacial score (nSPS) is 12.8. The van der Waals surface area contributed by atoms with E-state index in [0.717, 1.165) is 0 Å². The van der Waals surface area contributed by atoms with E-state index in [0.29, 0.717) is 19.4 Å². The van der Waals surface area contributed by atoms with Crippen LogP contribution in [0.5, 0.6) is 0 Å². The number of rotatable bonds is 5. The molecule has 0 bridgehead atoms. The maximum Gasteiger partial charge on any atom is 0.407 e. The van der Waals surface area contributed by atoms with Gasteiger partial charge in [0.25, 0.3) is 0 Å². The Morgan fingerprint density at radius 1 is 1.35 bits per heavy atom. The summed E-state index contributed by atoms with van der Waals surface area (Å²) in [6.07, 6.45) is 0.564. The van der Waals surface area contributed by atoms with E-state index in [1.54, 1.807) is 20.8 Å². The molecule has 1 atom stereocenters. The van der Waals surface area contributed by atoms with Crippen molar-refractivity contribution in [3.63, 3.8) is 0 Å². The minimum Gasteiger partial charge on any atom is -0.468 e. The van der Waals surface area contributed by atoms with Crippen molar-refractivity contribution in [2.24, 2.45) is 0 Å². The van der Waals surface area contributed by atoms with Crippen LogP contribution in [0.15, 0.2) is 0 Å². The lowest BCUT2D eigenvalue weighted by molar-refractivity contribution is -0.140. The smallest absolute Gasteiger partial charge is 0.407 e. The molecule has 0 unspecified atom stereocenters. The fourth-order valence-electron chi connectivity index (χ4n) is 1.03. The number of alkyl carbamates (subject to hydrolysis) is 1. The van der Waals surface area contributed by atoms with E-state index in [1.165, 1.54) is 7.11 Å². The second-order valence-corrected chi connectivity index (χ2v) is 5.09. The van der Waals surface area contributed by atoms with Gasteiger partial charge >= 0.3 is 12.1 Å². The summed E-state index contributed by atoms with van der Waals surface area (Å²) in [7, 11) is 1.29. The van der Waals surface area contributed by atoms with Crippen molar-refractivity contribution in [1.82, 2.24) is 5.32 Å². The topological polar surface area (TPSA) is 64.6 Å². The van der Waals surface area contributed by atoms with Gasteiger partial charge in [0.15, 0.2) is 0 Å². The van der Waals surface area contributed by atoms with Crippen molar-refractivity contribution in [3.8, 4) is 0 Å². The number of hydrogen-bond acceptors (Lipinski definition) is 4. The largest absolute Gasteiger partial charge is 0.468 e. The highest BCUT2D eigenvalue weighted by atomic mass is 35.5. The Balaban J connectivity index is 3.65. The zero-order valence-corrected chi connectivity index (χ0v) is 11.5. The molecule has 0 aromatic carbocycles. The summed E-state index contributed by atoms with van der Waals surface area (Å²) in [6.45, 7) is 5.78. The minimum atomic E-state index is -0.666. The Hall–Kier alpha value is -0.970. The van der Waals surface area contributed by atoms with Gasteiger partial charge in [-0.25, -0.2) is 4.79 Å². The molecule has 0 heterocycles. The zero-order chi connectivity index (χ0) is 13.5. The number of ether oxygens (including phenoxy) is 2. The molecule has 0 aromatic heterocycles. The molecule has 1 amide bonds. The van der Waals surface area contributed by atoms with Crippen LogP contribution in [-0.4, -0.2) is 36.7 Å². The summed E-state index contributed by atoms with van der Waals surface area (Å²) in [5.41, 5.74) is -0.509. The Morgan fingerprint density at radius 3 is 2.41 bits per heavy atom. The van der Waals surface area contributed by atoms with Crippen LogP contribution in [0.2, 0.25) is 0 Å². The van der Waals surface area contributed by atoms with Crippen LogP contribution < -0.4 is 5.32 Å². The number of amides is 1. The monoisotopic (exact) mass is 265 g/mol. The molecular weight excluding hydrogens is 246 g/mol. The first kappa shape index (κ1) is 16.0. The SMILES string of the molecule is COC(=O)[C@@H](Cl)CCCNC(=O)OC(C)(C)C. The summed E-state index contributed by atoms with van der Waals surface area (Å²) in [4.78, 5) is 22.2. The van der Waals surface area contributed by atoms with Crippen molar-refractivity contribution < 1.29 is 19.1 Å². The van der Waals surface area contributed by atoms with Crippen molar-refractivity contribution in [1.29, 1.82) is 0 Å². The molecule has 0 saturated carbocycles.